The van der Waals surface area contributed by atoms with E-state index in [1.165, 1.54) is 0 Å². The lowest BCUT2D eigenvalue weighted by atomic mass is 9.66. The van der Waals surface area contributed by atoms with Crippen LogP contribution in [-0.4, -0.2) is 48.7 Å². The summed E-state index contributed by atoms with van der Waals surface area (Å²) in [4.78, 5) is 26.8. The molecule has 3 aliphatic rings. The van der Waals surface area contributed by atoms with Crippen LogP contribution in [0.2, 0.25) is 0 Å². The van der Waals surface area contributed by atoms with Crippen LogP contribution < -0.4 is 0 Å². The number of esters is 1. The zero-order valence-electron chi connectivity index (χ0n) is 11.8. The number of amides is 1. The van der Waals surface area contributed by atoms with Crippen molar-refractivity contribution in [3.05, 3.63) is 0 Å². The summed E-state index contributed by atoms with van der Waals surface area (Å²) in [5.74, 6) is -0.249. The van der Waals surface area contributed by atoms with Gasteiger partial charge in [-0.3, -0.25) is 9.59 Å². The second-order valence-electron chi connectivity index (χ2n) is 6.58. The van der Waals surface area contributed by atoms with Crippen LogP contribution in [0.5, 0.6) is 0 Å². The standard InChI is InChI=1S/C14H21NO4/c1-12(2)13(3)4-5-14(12,19-11(13)17)10(16)15-6-8-18-9-7-15/h4-9H2,1-3H3/t13-,14+/m0/s1. The number of carbonyl (C=O) groups excluding carboxylic acids is 2. The highest BCUT2D eigenvalue weighted by Crippen LogP contribution is 2.65. The lowest BCUT2D eigenvalue weighted by Crippen LogP contribution is -2.57. The third-order valence-electron chi connectivity index (χ3n) is 5.73. The highest BCUT2D eigenvalue weighted by atomic mass is 16.6. The highest BCUT2D eigenvalue weighted by molar-refractivity contribution is 5.96. The number of carbonyl (C=O) groups is 2. The van der Waals surface area contributed by atoms with Crippen molar-refractivity contribution in [3.63, 3.8) is 0 Å². The van der Waals surface area contributed by atoms with Gasteiger partial charge in [-0.15, -0.1) is 0 Å². The molecule has 19 heavy (non-hydrogen) atoms. The van der Waals surface area contributed by atoms with Crippen molar-refractivity contribution >= 4 is 11.9 Å². The van der Waals surface area contributed by atoms with Crippen LogP contribution in [0.1, 0.15) is 33.6 Å². The molecule has 0 aromatic carbocycles. The minimum Gasteiger partial charge on any atom is -0.448 e. The summed E-state index contributed by atoms with van der Waals surface area (Å²) < 4.78 is 10.9. The summed E-state index contributed by atoms with van der Waals surface area (Å²) in [6.07, 6.45) is 1.37. The molecule has 0 spiro atoms. The smallest absolute Gasteiger partial charge is 0.313 e. The van der Waals surface area contributed by atoms with Crippen LogP contribution >= 0.6 is 0 Å². The Kier molecular flexibility index (Phi) is 2.53. The highest BCUT2D eigenvalue weighted by Gasteiger charge is 2.76. The molecule has 2 aliphatic heterocycles. The summed E-state index contributed by atoms with van der Waals surface area (Å²) in [6, 6.07) is 0. The Balaban J connectivity index is 1.95. The second-order valence-corrected chi connectivity index (χ2v) is 6.58. The number of fused-ring (bicyclic) bond motifs is 2. The molecule has 0 aromatic rings. The Labute approximate surface area is 113 Å². The molecule has 0 unspecified atom stereocenters. The Morgan fingerprint density at radius 2 is 1.79 bits per heavy atom. The van der Waals surface area contributed by atoms with Gasteiger partial charge in [-0.2, -0.15) is 0 Å². The lowest BCUT2D eigenvalue weighted by molar-refractivity contribution is -0.176. The molecular weight excluding hydrogens is 246 g/mol. The molecule has 2 heterocycles. The molecule has 0 N–H and O–H groups in total. The van der Waals surface area contributed by atoms with E-state index < -0.39 is 16.4 Å². The average molecular weight is 267 g/mol. The number of hydrogen-bond donors (Lipinski definition) is 0. The molecule has 2 bridgehead atoms. The molecule has 1 amide bonds. The van der Waals surface area contributed by atoms with Crippen LogP contribution in [0.4, 0.5) is 0 Å². The van der Waals surface area contributed by atoms with Crippen molar-refractivity contribution in [1.29, 1.82) is 0 Å². The topological polar surface area (TPSA) is 55.8 Å². The van der Waals surface area contributed by atoms with Crippen LogP contribution in [0, 0.1) is 10.8 Å². The molecule has 0 aromatic heterocycles. The van der Waals surface area contributed by atoms with Crippen molar-refractivity contribution in [2.24, 2.45) is 10.8 Å². The predicted octanol–water partition coefficient (Wildman–Crippen LogP) is 0.967. The van der Waals surface area contributed by atoms with E-state index in [-0.39, 0.29) is 11.9 Å². The van der Waals surface area contributed by atoms with Gasteiger partial charge in [0.2, 0.25) is 0 Å². The van der Waals surface area contributed by atoms with Gasteiger partial charge in [-0.1, -0.05) is 13.8 Å². The summed E-state index contributed by atoms with van der Waals surface area (Å²) in [5.41, 5.74) is -1.95. The molecular formula is C14H21NO4. The van der Waals surface area contributed by atoms with Crippen molar-refractivity contribution in [2.45, 2.75) is 39.2 Å². The third-order valence-corrected chi connectivity index (χ3v) is 5.73. The van der Waals surface area contributed by atoms with Crippen molar-refractivity contribution in [1.82, 2.24) is 4.90 Å². The normalized spacial score (nSPS) is 40.4. The van der Waals surface area contributed by atoms with Crippen LogP contribution in [0.25, 0.3) is 0 Å². The van der Waals surface area contributed by atoms with Gasteiger partial charge in [0.1, 0.15) is 0 Å². The van der Waals surface area contributed by atoms with Gasteiger partial charge in [0, 0.05) is 18.5 Å². The van der Waals surface area contributed by atoms with Gasteiger partial charge in [0.25, 0.3) is 5.91 Å². The van der Waals surface area contributed by atoms with E-state index in [0.29, 0.717) is 32.7 Å². The van der Waals surface area contributed by atoms with Gasteiger partial charge < -0.3 is 14.4 Å². The monoisotopic (exact) mass is 267 g/mol. The van der Waals surface area contributed by atoms with E-state index in [2.05, 4.69) is 0 Å². The number of hydrogen-bond acceptors (Lipinski definition) is 4. The maximum Gasteiger partial charge on any atom is 0.313 e. The first-order chi connectivity index (χ1) is 8.85. The fourth-order valence-electron chi connectivity index (χ4n) is 3.74. The Morgan fingerprint density at radius 1 is 1.16 bits per heavy atom. The van der Waals surface area contributed by atoms with Crippen LogP contribution in [0.15, 0.2) is 0 Å². The molecule has 3 fully saturated rings. The quantitative estimate of drug-likeness (QED) is 0.664. The van der Waals surface area contributed by atoms with Gasteiger partial charge >= 0.3 is 5.97 Å². The SMILES string of the molecule is CC1(C)[C@@]2(C)CC[C@]1(C(=O)N1CCOCC1)OC2=O. The van der Waals surface area contributed by atoms with Crippen LogP contribution in [0.3, 0.4) is 0 Å². The van der Waals surface area contributed by atoms with Crippen molar-refractivity contribution < 1.29 is 19.1 Å². The van der Waals surface area contributed by atoms with Crippen LogP contribution in [-0.2, 0) is 19.1 Å². The summed E-state index contributed by atoms with van der Waals surface area (Å²) in [7, 11) is 0. The maximum absolute atomic E-state index is 12.9. The molecule has 2 atom stereocenters. The van der Waals surface area contributed by atoms with E-state index >= 15 is 0 Å². The van der Waals surface area contributed by atoms with E-state index in [1.54, 1.807) is 4.90 Å². The first-order valence-corrected chi connectivity index (χ1v) is 6.96. The Bertz CT molecular complexity index is 441. The summed E-state index contributed by atoms with van der Waals surface area (Å²) in [5, 5.41) is 0. The number of morpholine rings is 1. The van der Waals surface area contributed by atoms with E-state index in [4.69, 9.17) is 9.47 Å². The largest absolute Gasteiger partial charge is 0.448 e. The average Bonchev–Trinajstić information content (AvgIpc) is 2.69. The van der Waals surface area contributed by atoms with Gasteiger partial charge in [-0.25, -0.2) is 0 Å². The second kappa shape index (κ2) is 3.72. The molecule has 5 heteroatoms. The van der Waals surface area contributed by atoms with Gasteiger partial charge in [0.05, 0.1) is 18.6 Å². The molecule has 5 nitrogen and oxygen atoms in total. The lowest BCUT2D eigenvalue weighted by Gasteiger charge is -2.40. The molecule has 1 aliphatic carbocycles. The Morgan fingerprint density at radius 3 is 2.26 bits per heavy atom. The summed E-state index contributed by atoms with van der Waals surface area (Å²) >= 11 is 0. The molecule has 1 saturated carbocycles. The minimum absolute atomic E-state index is 0.0321. The Hall–Kier alpha value is -1.10. The summed E-state index contributed by atoms with van der Waals surface area (Å²) in [6.45, 7) is 8.21. The molecule has 0 radical (unpaired) electrons. The zero-order chi connectivity index (χ0) is 13.9. The fourth-order valence-corrected chi connectivity index (χ4v) is 3.74. The van der Waals surface area contributed by atoms with E-state index in [0.717, 1.165) is 6.42 Å². The van der Waals surface area contributed by atoms with E-state index in [9.17, 15) is 9.59 Å². The minimum atomic E-state index is -0.962. The first-order valence-electron chi connectivity index (χ1n) is 6.96. The van der Waals surface area contributed by atoms with Gasteiger partial charge in [0.15, 0.2) is 5.60 Å². The fraction of sp³-hybridized carbons (Fsp3) is 0.857. The number of nitrogens with zero attached hydrogens (tertiary/aromatic N) is 1. The van der Waals surface area contributed by atoms with Gasteiger partial charge in [-0.05, 0) is 19.8 Å². The molecule has 106 valence electrons. The first kappa shape index (κ1) is 12.9. The zero-order valence-corrected chi connectivity index (χ0v) is 11.8. The maximum atomic E-state index is 12.9. The molecule has 2 saturated heterocycles. The van der Waals surface area contributed by atoms with Crippen molar-refractivity contribution in [3.8, 4) is 0 Å². The number of ether oxygens (including phenoxy) is 2. The van der Waals surface area contributed by atoms with Crippen molar-refractivity contribution in [2.75, 3.05) is 26.3 Å². The third kappa shape index (κ3) is 1.34. The number of rotatable bonds is 1. The van der Waals surface area contributed by atoms with E-state index in [1.807, 2.05) is 20.8 Å². The molecule has 3 rings (SSSR count). The predicted molar refractivity (Wildman–Crippen MR) is 67.3 cm³/mol.